The van der Waals surface area contributed by atoms with Crippen LogP contribution in [-0.2, 0) is 5.41 Å². The predicted octanol–water partition coefficient (Wildman–Crippen LogP) is 6.71. The molecule has 0 unspecified atom stereocenters. The SMILES string of the molecule is CC(C)(C)CC(C)(C)c1cccc2c1ccc1ccccc12. The molecule has 3 rings (SSSR count). The molecule has 0 aliphatic rings. The van der Waals surface area contributed by atoms with Crippen LogP contribution in [0.2, 0.25) is 0 Å². The Morgan fingerprint density at radius 1 is 0.636 bits per heavy atom. The Balaban J connectivity index is 2.25. The van der Waals surface area contributed by atoms with Gasteiger partial charge in [-0.1, -0.05) is 89.2 Å². The molecule has 0 fully saturated rings. The Bertz CT molecular complexity index is 816. The standard InChI is InChI=1S/C22H26/c1-21(2,3)15-22(4,5)20-12-8-11-18-17-10-7-6-9-16(17)13-14-19(18)20/h6-14H,15H2,1-5H3. The van der Waals surface area contributed by atoms with Crippen molar-refractivity contribution in [3.8, 4) is 0 Å². The van der Waals surface area contributed by atoms with Crippen LogP contribution >= 0.6 is 0 Å². The van der Waals surface area contributed by atoms with Gasteiger partial charge in [-0.2, -0.15) is 0 Å². The Hall–Kier alpha value is -1.82. The molecule has 0 N–H and O–H groups in total. The molecule has 0 amide bonds. The summed E-state index contributed by atoms with van der Waals surface area (Å²) in [5, 5.41) is 5.45. The van der Waals surface area contributed by atoms with Crippen LogP contribution in [0.15, 0.2) is 54.6 Å². The fourth-order valence-corrected chi connectivity index (χ4v) is 4.05. The molecule has 0 heteroatoms. The molecule has 0 aromatic heterocycles. The van der Waals surface area contributed by atoms with Gasteiger partial charge in [0.25, 0.3) is 0 Å². The van der Waals surface area contributed by atoms with E-state index in [1.807, 2.05) is 0 Å². The first-order valence-corrected chi connectivity index (χ1v) is 8.19. The lowest BCUT2D eigenvalue weighted by Crippen LogP contribution is -2.25. The number of benzene rings is 3. The lowest BCUT2D eigenvalue weighted by Gasteiger charge is -2.34. The minimum absolute atomic E-state index is 0.167. The summed E-state index contributed by atoms with van der Waals surface area (Å²) < 4.78 is 0. The molecule has 0 saturated heterocycles. The molecule has 0 nitrogen and oxygen atoms in total. The Morgan fingerprint density at radius 3 is 2.05 bits per heavy atom. The van der Waals surface area contributed by atoms with E-state index in [1.165, 1.54) is 33.5 Å². The predicted molar refractivity (Wildman–Crippen MR) is 98.6 cm³/mol. The second kappa shape index (κ2) is 5.12. The number of hydrogen-bond acceptors (Lipinski definition) is 0. The maximum Gasteiger partial charge on any atom is -0.00924 e. The van der Waals surface area contributed by atoms with Crippen molar-refractivity contribution in [1.82, 2.24) is 0 Å². The molecule has 114 valence electrons. The van der Waals surface area contributed by atoms with Gasteiger partial charge < -0.3 is 0 Å². The molecule has 0 atom stereocenters. The first kappa shape index (κ1) is 15.1. The van der Waals surface area contributed by atoms with Crippen molar-refractivity contribution < 1.29 is 0 Å². The average Bonchev–Trinajstić information content (AvgIpc) is 2.44. The fraction of sp³-hybridized carbons (Fsp3) is 0.364. The van der Waals surface area contributed by atoms with E-state index in [9.17, 15) is 0 Å². The zero-order valence-electron chi connectivity index (χ0n) is 14.4. The van der Waals surface area contributed by atoms with Gasteiger partial charge in [0.2, 0.25) is 0 Å². The third kappa shape index (κ3) is 2.75. The Morgan fingerprint density at radius 2 is 1.32 bits per heavy atom. The molecular weight excluding hydrogens is 264 g/mol. The van der Waals surface area contributed by atoms with Gasteiger partial charge >= 0.3 is 0 Å². The van der Waals surface area contributed by atoms with Crippen LogP contribution in [-0.4, -0.2) is 0 Å². The topological polar surface area (TPSA) is 0 Å². The molecule has 0 bridgehead atoms. The summed E-state index contributed by atoms with van der Waals surface area (Å²) >= 11 is 0. The van der Waals surface area contributed by atoms with Crippen LogP contribution in [0.5, 0.6) is 0 Å². The first-order valence-electron chi connectivity index (χ1n) is 8.19. The van der Waals surface area contributed by atoms with Crippen molar-refractivity contribution >= 4 is 21.5 Å². The van der Waals surface area contributed by atoms with Gasteiger partial charge in [-0.15, -0.1) is 0 Å². The van der Waals surface area contributed by atoms with Crippen molar-refractivity contribution in [2.24, 2.45) is 5.41 Å². The van der Waals surface area contributed by atoms with Gasteiger partial charge in [-0.25, -0.2) is 0 Å². The highest BCUT2D eigenvalue weighted by Crippen LogP contribution is 2.40. The summed E-state index contributed by atoms with van der Waals surface area (Å²) in [6.07, 6.45) is 1.17. The normalized spacial score (nSPS) is 13.0. The zero-order valence-corrected chi connectivity index (χ0v) is 14.4. The summed E-state index contributed by atoms with van der Waals surface area (Å²) in [5.41, 5.74) is 1.95. The van der Waals surface area contributed by atoms with Gasteiger partial charge in [0.1, 0.15) is 0 Å². The fourth-order valence-electron chi connectivity index (χ4n) is 4.05. The van der Waals surface area contributed by atoms with Crippen LogP contribution in [0.4, 0.5) is 0 Å². The average molecular weight is 290 g/mol. The largest absolute Gasteiger partial charge is 0.0616 e. The molecular formula is C22H26. The third-order valence-corrected chi connectivity index (χ3v) is 4.49. The van der Waals surface area contributed by atoms with Crippen LogP contribution in [0.25, 0.3) is 21.5 Å². The van der Waals surface area contributed by atoms with Crippen molar-refractivity contribution in [1.29, 1.82) is 0 Å². The lowest BCUT2D eigenvalue weighted by molar-refractivity contribution is 0.285. The van der Waals surface area contributed by atoms with E-state index in [1.54, 1.807) is 0 Å². The zero-order chi connectivity index (χ0) is 16.0. The van der Waals surface area contributed by atoms with Crippen molar-refractivity contribution in [2.75, 3.05) is 0 Å². The van der Waals surface area contributed by atoms with Crippen molar-refractivity contribution in [2.45, 2.75) is 46.5 Å². The molecule has 0 aliphatic carbocycles. The third-order valence-electron chi connectivity index (χ3n) is 4.49. The van der Waals surface area contributed by atoms with E-state index >= 15 is 0 Å². The van der Waals surface area contributed by atoms with Crippen LogP contribution in [0, 0.1) is 5.41 Å². The van der Waals surface area contributed by atoms with E-state index in [0.717, 1.165) is 0 Å². The number of hydrogen-bond donors (Lipinski definition) is 0. The summed E-state index contributed by atoms with van der Waals surface area (Å²) in [4.78, 5) is 0. The van der Waals surface area contributed by atoms with E-state index in [0.29, 0.717) is 5.41 Å². The van der Waals surface area contributed by atoms with Gasteiger partial charge in [0, 0.05) is 0 Å². The van der Waals surface area contributed by atoms with E-state index < -0.39 is 0 Å². The number of fused-ring (bicyclic) bond motifs is 3. The minimum Gasteiger partial charge on any atom is -0.0616 e. The highest BCUT2D eigenvalue weighted by Gasteiger charge is 2.28. The maximum atomic E-state index is 2.38. The molecule has 0 spiro atoms. The highest BCUT2D eigenvalue weighted by molar-refractivity contribution is 6.08. The van der Waals surface area contributed by atoms with E-state index in [-0.39, 0.29) is 5.41 Å². The molecule has 0 radical (unpaired) electrons. The van der Waals surface area contributed by atoms with E-state index in [2.05, 4.69) is 89.2 Å². The van der Waals surface area contributed by atoms with Crippen LogP contribution < -0.4 is 0 Å². The monoisotopic (exact) mass is 290 g/mol. The molecule has 0 aliphatic heterocycles. The van der Waals surface area contributed by atoms with E-state index in [4.69, 9.17) is 0 Å². The van der Waals surface area contributed by atoms with Crippen molar-refractivity contribution in [3.05, 3.63) is 60.2 Å². The second-order valence-corrected chi connectivity index (χ2v) is 8.31. The summed E-state index contributed by atoms with van der Waals surface area (Å²) in [6.45, 7) is 11.7. The van der Waals surface area contributed by atoms with Gasteiger partial charge in [-0.3, -0.25) is 0 Å². The van der Waals surface area contributed by atoms with Crippen LogP contribution in [0.3, 0.4) is 0 Å². The van der Waals surface area contributed by atoms with Gasteiger partial charge in [0.15, 0.2) is 0 Å². The number of rotatable bonds is 2. The van der Waals surface area contributed by atoms with Gasteiger partial charge in [0.05, 0.1) is 0 Å². The molecule has 3 aromatic rings. The van der Waals surface area contributed by atoms with Gasteiger partial charge in [-0.05, 0) is 44.4 Å². The summed E-state index contributed by atoms with van der Waals surface area (Å²) in [7, 11) is 0. The quantitative estimate of drug-likeness (QED) is 0.460. The second-order valence-electron chi connectivity index (χ2n) is 8.31. The smallest absolute Gasteiger partial charge is 0.00924 e. The Kier molecular flexibility index (Phi) is 3.51. The molecule has 0 heterocycles. The highest BCUT2D eigenvalue weighted by atomic mass is 14.3. The first-order chi connectivity index (χ1) is 10.3. The maximum absolute atomic E-state index is 2.38. The van der Waals surface area contributed by atoms with Crippen molar-refractivity contribution in [3.63, 3.8) is 0 Å². The summed E-state index contributed by atoms with van der Waals surface area (Å²) in [6, 6.07) is 20.0. The molecule has 0 saturated carbocycles. The Labute approximate surface area is 134 Å². The lowest BCUT2D eigenvalue weighted by atomic mass is 9.71. The molecule has 3 aromatic carbocycles. The minimum atomic E-state index is 0.167. The van der Waals surface area contributed by atoms with Crippen LogP contribution in [0.1, 0.15) is 46.6 Å². The molecule has 22 heavy (non-hydrogen) atoms. The summed E-state index contributed by atoms with van der Waals surface area (Å²) in [5.74, 6) is 0.